The van der Waals surface area contributed by atoms with Crippen molar-refractivity contribution in [3.8, 4) is 0 Å². The summed E-state index contributed by atoms with van der Waals surface area (Å²) in [5.41, 5.74) is 3.04. The molecule has 0 amide bonds. The number of nitrogens with zero attached hydrogens (tertiary/aromatic N) is 2. The van der Waals surface area contributed by atoms with Crippen molar-refractivity contribution in [2.75, 3.05) is 0 Å². The molecule has 3 rings (SSSR count). The summed E-state index contributed by atoms with van der Waals surface area (Å²) in [5.74, 6) is 0.621. The monoisotopic (exact) mass is 352 g/mol. The third kappa shape index (κ3) is 4.57. The van der Waals surface area contributed by atoms with Crippen molar-refractivity contribution in [1.82, 2.24) is 10.2 Å². The molecule has 0 aliphatic heterocycles. The Labute approximate surface area is 151 Å². The summed E-state index contributed by atoms with van der Waals surface area (Å²) in [7, 11) is 0. The van der Waals surface area contributed by atoms with Gasteiger partial charge in [0.2, 0.25) is 5.89 Å². The minimum Gasteiger partial charge on any atom is -0.416 e. The Kier molecular flexibility index (Phi) is 5.66. The van der Waals surface area contributed by atoms with Crippen LogP contribution < -0.4 is 0 Å². The van der Waals surface area contributed by atoms with Crippen molar-refractivity contribution in [3.05, 3.63) is 77.2 Å². The Balaban J connectivity index is 1.62. The van der Waals surface area contributed by atoms with E-state index in [0.29, 0.717) is 23.1 Å². The van der Waals surface area contributed by atoms with Crippen LogP contribution >= 0.6 is 11.8 Å². The van der Waals surface area contributed by atoms with E-state index >= 15 is 0 Å². The molecule has 4 nitrogen and oxygen atoms in total. The van der Waals surface area contributed by atoms with Gasteiger partial charge in [-0.3, -0.25) is 4.79 Å². The van der Waals surface area contributed by atoms with Crippen LogP contribution in [0.2, 0.25) is 0 Å². The Hall–Kier alpha value is -2.40. The second kappa shape index (κ2) is 8.12. The van der Waals surface area contributed by atoms with Gasteiger partial charge in [-0.2, -0.15) is 0 Å². The highest BCUT2D eigenvalue weighted by molar-refractivity contribution is 8.00. The van der Waals surface area contributed by atoms with E-state index in [-0.39, 0.29) is 11.0 Å². The molecule has 25 heavy (non-hydrogen) atoms. The molecule has 1 unspecified atom stereocenters. The number of ketones is 1. The van der Waals surface area contributed by atoms with Gasteiger partial charge >= 0.3 is 0 Å². The van der Waals surface area contributed by atoms with Crippen LogP contribution in [0, 0.1) is 0 Å². The molecule has 1 atom stereocenters. The topological polar surface area (TPSA) is 56.0 Å². The molecule has 0 aliphatic rings. The molecule has 5 heteroatoms. The van der Waals surface area contributed by atoms with Crippen molar-refractivity contribution < 1.29 is 9.21 Å². The van der Waals surface area contributed by atoms with Gasteiger partial charge in [-0.05, 0) is 24.5 Å². The molecule has 2 aromatic carbocycles. The summed E-state index contributed by atoms with van der Waals surface area (Å²) in [4.78, 5) is 12.5. The van der Waals surface area contributed by atoms with Crippen molar-refractivity contribution in [1.29, 1.82) is 0 Å². The van der Waals surface area contributed by atoms with Crippen LogP contribution in [0.15, 0.2) is 64.2 Å². The number of rotatable bonds is 7. The zero-order valence-corrected chi connectivity index (χ0v) is 15.1. The quantitative estimate of drug-likeness (QED) is 0.460. The number of hydrogen-bond acceptors (Lipinski definition) is 5. The van der Waals surface area contributed by atoms with Gasteiger partial charge in [0.05, 0.1) is 11.7 Å². The van der Waals surface area contributed by atoms with E-state index in [9.17, 15) is 4.79 Å². The number of Topliss-reactive ketones (excluding diaryl/α,β-unsaturated/α-hetero) is 1. The Bertz CT molecular complexity index is 828. The molecule has 128 valence electrons. The number of aryl methyl sites for hydroxylation is 1. The van der Waals surface area contributed by atoms with Crippen LogP contribution in [0.1, 0.15) is 41.2 Å². The Morgan fingerprint density at radius 3 is 2.44 bits per heavy atom. The highest BCUT2D eigenvalue weighted by atomic mass is 32.2. The predicted molar refractivity (Wildman–Crippen MR) is 99.0 cm³/mol. The Morgan fingerprint density at radius 2 is 1.76 bits per heavy atom. The second-order valence-corrected chi connectivity index (χ2v) is 7.09. The third-order valence-electron chi connectivity index (χ3n) is 3.94. The first kappa shape index (κ1) is 17.4. The van der Waals surface area contributed by atoms with Gasteiger partial charge in [0.15, 0.2) is 5.78 Å². The summed E-state index contributed by atoms with van der Waals surface area (Å²) >= 11 is 1.30. The molecule has 0 saturated carbocycles. The number of benzene rings is 2. The van der Waals surface area contributed by atoms with Gasteiger partial charge in [0, 0.05) is 5.56 Å². The molecule has 0 saturated heterocycles. The molecule has 1 aromatic heterocycles. The second-order valence-electron chi connectivity index (χ2n) is 5.80. The van der Waals surface area contributed by atoms with E-state index in [2.05, 4.69) is 17.1 Å². The lowest BCUT2D eigenvalue weighted by Crippen LogP contribution is -2.13. The smallest absolute Gasteiger partial charge is 0.277 e. The Morgan fingerprint density at radius 1 is 1.04 bits per heavy atom. The first-order valence-corrected chi connectivity index (χ1v) is 9.19. The summed E-state index contributed by atoms with van der Waals surface area (Å²) in [5, 5.41) is 8.27. The number of hydrogen-bond donors (Lipinski definition) is 0. The van der Waals surface area contributed by atoms with E-state index in [4.69, 9.17) is 4.42 Å². The molecule has 3 aromatic rings. The fourth-order valence-electron chi connectivity index (χ4n) is 2.47. The van der Waals surface area contributed by atoms with Crippen molar-refractivity contribution in [2.24, 2.45) is 0 Å². The zero-order chi connectivity index (χ0) is 17.6. The fraction of sp³-hybridized carbons (Fsp3) is 0.250. The molecule has 0 aliphatic carbocycles. The maximum Gasteiger partial charge on any atom is 0.277 e. The molecule has 1 heterocycles. The first-order valence-electron chi connectivity index (χ1n) is 8.32. The van der Waals surface area contributed by atoms with E-state index in [1.54, 1.807) is 0 Å². The van der Waals surface area contributed by atoms with Crippen LogP contribution in [-0.2, 0) is 12.8 Å². The maximum atomic E-state index is 12.5. The van der Waals surface area contributed by atoms with E-state index in [1.807, 2.05) is 61.5 Å². The highest BCUT2D eigenvalue weighted by Gasteiger charge is 2.19. The predicted octanol–water partition coefficient (Wildman–Crippen LogP) is 4.59. The van der Waals surface area contributed by atoms with Gasteiger partial charge < -0.3 is 4.42 Å². The third-order valence-corrected chi connectivity index (χ3v) is 4.87. The largest absolute Gasteiger partial charge is 0.416 e. The summed E-state index contributed by atoms with van der Waals surface area (Å²) in [6.07, 6.45) is 1.56. The molecular weight excluding hydrogens is 332 g/mol. The van der Waals surface area contributed by atoms with Crippen molar-refractivity contribution in [3.63, 3.8) is 0 Å². The maximum absolute atomic E-state index is 12.5. The van der Waals surface area contributed by atoms with E-state index < -0.39 is 0 Å². The van der Waals surface area contributed by atoms with Crippen LogP contribution in [0.4, 0.5) is 0 Å². The molecule has 0 bridgehead atoms. The summed E-state index contributed by atoms with van der Waals surface area (Å²) < 4.78 is 5.67. The van der Waals surface area contributed by atoms with Gasteiger partial charge in [-0.25, -0.2) is 0 Å². The van der Waals surface area contributed by atoms with Gasteiger partial charge in [0.25, 0.3) is 5.22 Å². The highest BCUT2D eigenvalue weighted by Crippen LogP contribution is 2.25. The molecular formula is C20H20N2O2S. The molecule has 0 spiro atoms. The normalized spacial score (nSPS) is 12.1. The van der Waals surface area contributed by atoms with Crippen LogP contribution in [0.25, 0.3) is 0 Å². The minimum absolute atomic E-state index is 0.0652. The average molecular weight is 352 g/mol. The van der Waals surface area contributed by atoms with Gasteiger partial charge in [0.1, 0.15) is 0 Å². The SMILES string of the molecule is CCc1ccc(C(=O)C(C)Sc2nnc(Cc3ccccc3)o2)cc1. The van der Waals surface area contributed by atoms with E-state index in [1.165, 1.54) is 17.3 Å². The van der Waals surface area contributed by atoms with Gasteiger partial charge in [-0.15, -0.1) is 10.2 Å². The summed E-state index contributed by atoms with van der Waals surface area (Å²) in [6, 6.07) is 17.7. The lowest BCUT2D eigenvalue weighted by Gasteiger charge is -2.08. The van der Waals surface area contributed by atoms with E-state index in [0.717, 1.165) is 12.0 Å². The molecule has 0 fully saturated rings. The average Bonchev–Trinajstić information content (AvgIpc) is 3.08. The number of carbonyl (C=O) groups excluding carboxylic acids is 1. The molecule has 0 radical (unpaired) electrons. The minimum atomic E-state index is -0.280. The number of carbonyl (C=O) groups is 1. The molecule has 0 N–H and O–H groups in total. The van der Waals surface area contributed by atoms with Crippen molar-refractivity contribution >= 4 is 17.5 Å². The van der Waals surface area contributed by atoms with Crippen LogP contribution in [0.5, 0.6) is 0 Å². The first-order chi connectivity index (χ1) is 12.2. The van der Waals surface area contributed by atoms with Gasteiger partial charge in [-0.1, -0.05) is 73.3 Å². The zero-order valence-electron chi connectivity index (χ0n) is 14.3. The number of aromatic nitrogens is 2. The summed E-state index contributed by atoms with van der Waals surface area (Å²) in [6.45, 7) is 3.96. The van der Waals surface area contributed by atoms with Crippen LogP contribution in [-0.4, -0.2) is 21.2 Å². The lowest BCUT2D eigenvalue weighted by atomic mass is 10.1. The van der Waals surface area contributed by atoms with Crippen molar-refractivity contribution in [2.45, 2.75) is 37.2 Å². The lowest BCUT2D eigenvalue weighted by molar-refractivity contribution is 0.0993. The fourth-order valence-corrected chi connectivity index (χ4v) is 3.25. The number of thioether (sulfide) groups is 1. The van der Waals surface area contributed by atoms with Crippen LogP contribution in [0.3, 0.4) is 0 Å². The standard InChI is InChI=1S/C20H20N2O2S/c1-3-15-9-11-17(12-10-15)19(23)14(2)25-20-22-21-18(24-20)13-16-7-5-4-6-8-16/h4-12,14H,3,13H2,1-2H3.